The molecule has 0 amide bonds. The van der Waals surface area contributed by atoms with Gasteiger partial charge in [-0.15, -0.1) is 0 Å². The molecule has 0 aliphatic heterocycles. The number of para-hydroxylation sites is 1. The van der Waals surface area contributed by atoms with E-state index in [2.05, 4.69) is 54.0 Å². The van der Waals surface area contributed by atoms with Crippen molar-refractivity contribution in [2.75, 3.05) is 5.32 Å². The normalized spacial score (nSPS) is 12.7. The summed E-state index contributed by atoms with van der Waals surface area (Å²) < 4.78 is 2.22. The molecule has 1 unspecified atom stereocenters. The minimum atomic E-state index is 0.630. The van der Waals surface area contributed by atoms with Gasteiger partial charge >= 0.3 is 0 Å². The molecule has 0 aliphatic rings. The van der Waals surface area contributed by atoms with Crippen molar-refractivity contribution in [3.8, 4) is 0 Å². The first-order valence-electron chi connectivity index (χ1n) is 6.92. The van der Waals surface area contributed by atoms with Gasteiger partial charge in [0.25, 0.3) is 0 Å². The average molecular weight is 257 g/mol. The van der Waals surface area contributed by atoms with Crippen LogP contribution in [0, 0.1) is 18.8 Å². The molecule has 0 bridgehead atoms. The third kappa shape index (κ3) is 3.60. The van der Waals surface area contributed by atoms with Gasteiger partial charge in [-0.05, 0) is 30.9 Å². The minimum Gasteiger partial charge on any atom is -0.326 e. The lowest BCUT2D eigenvalue weighted by Gasteiger charge is -2.18. The van der Waals surface area contributed by atoms with Crippen molar-refractivity contribution in [3.63, 3.8) is 0 Å². The SMILES string of the molecule is Cc1cn(CC(C)C(C)C)c(Nc2ccccc2)n1. The van der Waals surface area contributed by atoms with Crippen LogP contribution in [-0.2, 0) is 6.54 Å². The molecule has 19 heavy (non-hydrogen) atoms. The summed E-state index contributed by atoms with van der Waals surface area (Å²) in [5.74, 6) is 2.23. The van der Waals surface area contributed by atoms with Gasteiger partial charge in [-0.1, -0.05) is 39.0 Å². The third-order valence-corrected chi connectivity index (χ3v) is 3.55. The summed E-state index contributed by atoms with van der Waals surface area (Å²) in [6, 6.07) is 10.2. The molecule has 2 aromatic rings. The van der Waals surface area contributed by atoms with Crippen molar-refractivity contribution in [2.45, 2.75) is 34.2 Å². The average Bonchev–Trinajstić information content (AvgIpc) is 2.70. The first-order chi connectivity index (χ1) is 9.06. The molecule has 1 aromatic heterocycles. The summed E-state index contributed by atoms with van der Waals surface area (Å²) >= 11 is 0. The Morgan fingerprint density at radius 2 is 1.84 bits per heavy atom. The van der Waals surface area contributed by atoms with Gasteiger partial charge in [-0.25, -0.2) is 4.98 Å². The van der Waals surface area contributed by atoms with Crippen molar-refractivity contribution in [1.82, 2.24) is 9.55 Å². The second-order valence-corrected chi connectivity index (χ2v) is 5.57. The standard InChI is InChI=1S/C16H23N3/c1-12(2)13(3)10-19-11-14(4)17-16(19)18-15-8-6-5-7-9-15/h5-9,11-13H,10H2,1-4H3,(H,17,18). The van der Waals surface area contributed by atoms with Crippen LogP contribution < -0.4 is 5.32 Å². The number of hydrogen-bond acceptors (Lipinski definition) is 2. The van der Waals surface area contributed by atoms with Crippen LogP contribution in [0.2, 0.25) is 0 Å². The van der Waals surface area contributed by atoms with E-state index in [-0.39, 0.29) is 0 Å². The van der Waals surface area contributed by atoms with E-state index in [1.807, 2.05) is 25.1 Å². The van der Waals surface area contributed by atoms with Crippen LogP contribution >= 0.6 is 0 Å². The number of aromatic nitrogens is 2. The Morgan fingerprint density at radius 3 is 2.47 bits per heavy atom. The summed E-state index contributed by atoms with van der Waals surface area (Å²) in [5, 5.41) is 3.39. The van der Waals surface area contributed by atoms with Gasteiger partial charge in [-0.3, -0.25) is 0 Å². The van der Waals surface area contributed by atoms with E-state index >= 15 is 0 Å². The van der Waals surface area contributed by atoms with Crippen LogP contribution in [0.4, 0.5) is 11.6 Å². The molecule has 3 heteroatoms. The minimum absolute atomic E-state index is 0.630. The Hall–Kier alpha value is -1.77. The van der Waals surface area contributed by atoms with Crippen LogP contribution in [0.5, 0.6) is 0 Å². The van der Waals surface area contributed by atoms with Crippen molar-refractivity contribution >= 4 is 11.6 Å². The molecular formula is C16H23N3. The highest BCUT2D eigenvalue weighted by Gasteiger charge is 2.12. The number of imidazole rings is 1. The van der Waals surface area contributed by atoms with Crippen molar-refractivity contribution in [3.05, 3.63) is 42.2 Å². The lowest BCUT2D eigenvalue weighted by atomic mass is 9.98. The van der Waals surface area contributed by atoms with Gasteiger partial charge in [0.2, 0.25) is 5.95 Å². The maximum atomic E-state index is 4.57. The molecule has 1 heterocycles. The van der Waals surface area contributed by atoms with E-state index in [1.54, 1.807) is 0 Å². The van der Waals surface area contributed by atoms with Gasteiger partial charge in [0.1, 0.15) is 0 Å². The Kier molecular flexibility index (Phi) is 4.25. The summed E-state index contributed by atoms with van der Waals surface area (Å²) in [4.78, 5) is 4.57. The van der Waals surface area contributed by atoms with Crippen LogP contribution in [0.25, 0.3) is 0 Å². The van der Waals surface area contributed by atoms with Gasteiger partial charge in [0, 0.05) is 18.4 Å². The molecule has 0 fully saturated rings. The fourth-order valence-electron chi connectivity index (χ4n) is 1.96. The molecule has 0 spiro atoms. The molecule has 0 saturated carbocycles. The molecule has 0 radical (unpaired) electrons. The monoisotopic (exact) mass is 257 g/mol. The number of nitrogens with zero attached hydrogens (tertiary/aromatic N) is 2. The van der Waals surface area contributed by atoms with Gasteiger partial charge in [-0.2, -0.15) is 0 Å². The first kappa shape index (κ1) is 13.7. The van der Waals surface area contributed by atoms with E-state index in [0.717, 1.165) is 23.9 Å². The van der Waals surface area contributed by atoms with E-state index in [4.69, 9.17) is 0 Å². The maximum Gasteiger partial charge on any atom is 0.207 e. The lowest BCUT2D eigenvalue weighted by molar-refractivity contribution is 0.367. The summed E-state index contributed by atoms with van der Waals surface area (Å²) in [6.45, 7) is 9.84. The zero-order valence-corrected chi connectivity index (χ0v) is 12.2. The second-order valence-electron chi connectivity index (χ2n) is 5.57. The predicted molar refractivity (Wildman–Crippen MR) is 80.7 cm³/mol. The predicted octanol–water partition coefficient (Wildman–Crippen LogP) is 4.23. The highest BCUT2D eigenvalue weighted by molar-refractivity contribution is 5.53. The quantitative estimate of drug-likeness (QED) is 0.868. The van der Waals surface area contributed by atoms with Gasteiger partial charge < -0.3 is 9.88 Å². The van der Waals surface area contributed by atoms with Crippen LogP contribution in [0.1, 0.15) is 26.5 Å². The van der Waals surface area contributed by atoms with Crippen molar-refractivity contribution in [1.29, 1.82) is 0 Å². The fraction of sp³-hybridized carbons (Fsp3) is 0.438. The number of aryl methyl sites for hydroxylation is 1. The van der Waals surface area contributed by atoms with Gasteiger partial charge in [0.15, 0.2) is 0 Å². The Balaban J connectivity index is 2.16. The van der Waals surface area contributed by atoms with Crippen LogP contribution in [-0.4, -0.2) is 9.55 Å². The summed E-state index contributed by atoms with van der Waals surface area (Å²) in [5.41, 5.74) is 2.13. The second kappa shape index (κ2) is 5.91. The molecular weight excluding hydrogens is 234 g/mol. The molecule has 2 rings (SSSR count). The van der Waals surface area contributed by atoms with E-state index in [9.17, 15) is 0 Å². The molecule has 1 atom stereocenters. The molecule has 0 saturated heterocycles. The van der Waals surface area contributed by atoms with E-state index in [1.165, 1.54) is 0 Å². The largest absolute Gasteiger partial charge is 0.326 e. The number of benzene rings is 1. The van der Waals surface area contributed by atoms with Gasteiger partial charge in [0.05, 0.1) is 5.69 Å². The fourth-order valence-corrected chi connectivity index (χ4v) is 1.96. The number of rotatable bonds is 5. The van der Waals surface area contributed by atoms with Crippen molar-refractivity contribution in [2.24, 2.45) is 11.8 Å². The van der Waals surface area contributed by atoms with Crippen LogP contribution in [0.3, 0.4) is 0 Å². The Bertz CT molecular complexity index is 514. The smallest absolute Gasteiger partial charge is 0.207 e. The zero-order chi connectivity index (χ0) is 13.8. The number of nitrogens with one attached hydrogen (secondary N) is 1. The van der Waals surface area contributed by atoms with Crippen LogP contribution in [0.15, 0.2) is 36.5 Å². The highest BCUT2D eigenvalue weighted by atomic mass is 15.2. The topological polar surface area (TPSA) is 29.9 Å². The molecule has 1 aromatic carbocycles. The Labute approximate surface area is 115 Å². The highest BCUT2D eigenvalue weighted by Crippen LogP contribution is 2.19. The zero-order valence-electron chi connectivity index (χ0n) is 12.2. The molecule has 1 N–H and O–H groups in total. The number of hydrogen-bond donors (Lipinski definition) is 1. The number of anilines is 2. The van der Waals surface area contributed by atoms with Crippen molar-refractivity contribution < 1.29 is 0 Å². The third-order valence-electron chi connectivity index (χ3n) is 3.55. The summed E-state index contributed by atoms with van der Waals surface area (Å²) in [6.07, 6.45) is 2.12. The summed E-state index contributed by atoms with van der Waals surface area (Å²) in [7, 11) is 0. The Morgan fingerprint density at radius 1 is 1.16 bits per heavy atom. The lowest BCUT2D eigenvalue weighted by Crippen LogP contribution is -2.14. The molecule has 3 nitrogen and oxygen atoms in total. The first-order valence-corrected chi connectivity index (χ1v) is 6.92. The molecule has 102 valence electrons. The molecule has 0 aliphatic carbocycles. The van der Waals surface area contributed by atoms with E-state index in [0.29, 0.717) is 11.8 Å². The maximum absolute atomic E-state index is 4.57. The van der Waals surface area contributed by atoms with E-state index < -0.39 is 0 Å².